The van der Waals surface area contributed by atoms with E-state index in [2.05, 4.69) is 25.6 Å². The maximum Gasteiger partial charge on any atom is 0.421 e. The van der Waals surface area contributed by atoms with E-state index in [1.165, 1.54) is 25.4 Å². The van der Waals surface area contributed by atoms with Crippen LogP contribution in [0.25, 0.3) is 0 Å². The average Bonchev–Trinajstić information content (AvgIpc) is 3.02. The first-order valence-electron chi connectivity index (χ1n) is 14.0. The molecule has 4 aromatic rings. The van der Waals surface area contributed by atoms with Gasteiger partial charge < -0.3 is 24.8 Å². The molecule has 16 heteroatoms. The van der Waals surface area contributed by atoms with Crippen molar-refractivity contribution in [3.63, 3.8) is 0 Å². The minimum Gasteiger partial charge on any atom is -0.489 e. The lowest BCUT2D eigenvalue weighted by molar-refractivity contribution is -0.138. The van der Waals surface area contributed by atoms with E-state index in [9.17, 15) is 26.4 Å². The van der Waals surface area contributed by atoms with E-state index in [1.807, 2.05) is 0 Å². The summed E-state index contributed by atoms with van der Waals surface area (Å²) in [4.78, 5) is 23.3. The fourth-order valence-corrected chi connectivity index (χ4v) is 4.43. The van der Waals surface area contributed by atoms with Crippen LogP contribution in [0.3, 0.4) is 0 Å². The van der Waals surface area contributed by atoms with Crippen molar-refractivity contribution >= 4 is 39.3 Å². The molecule has 0 radical (unpaired) electrons. The molecular weight excluding hydrogens is 641 g/mol. The Balaban J connectivity index is 1.43. The number of hydrogen-bond donors (Lipinski definition) is 2. The standard InChI is InChI=1S/C31H31F3N6O6S/c1-4-44-27(41)11-7-17-45-24-9-5-10-25(18-24)46-23-14-12-22(13-15-23)38-30-37-20-26(31(32,33)34)28(39-30)36-19-21-8-6-16-35-29(21)40(2)47(3,42)43/h5-16,18,20H,4,17,19H2,1-3H3,(H2,36,37,38,39)/b11-7+. The molecule has 0 aliphatic heterocycles. The molecule has 0 aliphatic carbocycles. The molecule has 2 heterocycles. The summed E-state index contributed by atoms with van der Waals surface area (Å²) in [6, 6.07) is 16.5. The van der Waals surface area contributed by atoms with E-state index < -0.39 is 33.6 Å². The van der Waals surface area contributed by atoms with Gasteiger partial charge in [-0.3, -0.25) is 4.31 Å². The van der Waals surface area contributed by atoms with Gasteiger partial charge in [0.05, 0.1) is 12.9 Å². The van der Waals surface area contributed by atoms with Gasteiger partial charge in [-0.15, -0.1) is 0 Å². The van der Waals surface area contributed by atoms with Crippen molar-refractivity contribution in [2.75, 3.05) is 41.5 Å². The first-order chi connectivity index (χ1) is 22.3. The highest BCUT2D eigenvalue weighted by Crippen LogP contribution is 2.35. The van der Waals surface area contributed by atoms with Gasteiger partial charge in [0.15, 0.2) is 0 Å². The number of nitrogens with one attached hydrogen (secondary N) is 2. The van der Waals surface area contributed by atoms with Crippen LogP contribution in [0.1, 0.15) is 18.1 Å². The zero-order valence-corrected chi connectivity index (χ0v) is 26.3. The third-order valence-corrected chi connectivity index (χ3v) is 7.41. The number of carbonyl (C=O) groups is 1. The summed E-state index contributed by atoms with van der Waals surface area (Å²) in [5, 5.41) is 5.52. The molecule has 12 nitrogen and oxygen atoms in total. The molecular formula is C31H31F3N6O6S. The van der Waals surface area contributed by atoms with Gasteiger partial charge in [-0.1, -0.05) is 12.1 Å². The number of benzene rings is 2. The fourth-order valence-electron chi connectivity index (χ4n) is 3.95. The van der Waals surface area contributed by atoms with Gasteiger partial charge in [-0.2, -0.15) is 18.2 Å². The zero-order chi connectivity index (χ0) is 34.0. The second-order valence-electron chi connectivity index (χ2n) is 9.72. The number of pyridine rings is 1. The van der Waals surface area contributed by atoms with E-state index in [4.69, 9.17) is 14.2 Å². The Morgan fingerprint density at radius 1 is 1.02 bits per heavy atom. The Kier molecular flexibility index (Phi) is 11.2. The molecule has 0 unspecified atom stereocenters. The fraction of sp³-hybridized carbons (Fsp3) is 0.226. The third-order valence-electron chi connectivity index (χ3n) is 6.24. The van der Waals surface area contributed by atoms with Crippen molar-refractivity contribution in [3.05, 3.63) is 96.3 Å². The van der Waals surface area contributed by atoms with Crippen LogP contribution in [-0.4, -0.2) is 55.9 Å². The normalized spacial score (nSPS) is 11.6. The number of carbonyl (C=O) groups excluding carboxylic acids is 1. The summed E-state index contributed by atoms with van der Waals surface area (Å²) in [6.07, 6.45) is 1.09. The number of nitrogens with zero attached hydrogens (tertiary/aromatic N) is 4. The van der Waals surface area contributed by atoms with Crippen molar-refractivity contribution < 1.29 is 40.6 Å². The maximum absolute atomic E-state index is 13.8. The molecule has 0 saturated carbocycles. The zero-order valence-electron chi connectivity index (χ0n) is 25.5. The molecule has 0 bridgehead atoms. The highest BCUT2D eigenvalue weighted by molar-refractivity contribution is 7.92. The van der Waals surface area contributed by atoms with Gasteiger partial charge in [0.25, 0.3) is 0 Å². The Labute approximate surface area is 269 Å². The van der Waals surface area contributed by atoms with Gasteiger partial charge in [-0.25, -0.2) is 23.2 Å². The van der Waals surface area contributed by atoms with Gasteiger partial charge in [-0.05, 0) is 55.5 Å². The first-order valence-corrected chi connectivity index (χ1v) is 15.9. The lowest BCUT2D eigenvalue weighted by Gasteiger charge is -2.20. The Morgan fingerprint density at radius 3 is 2.47 bits per heavy atom. The van der Waals surface area contributed by atoms with Gasteiger partial charge >= 0.3 is 12.1 Å². The molecule has 0 atom stereocenters. The van der Waals surface area contributed by atoms with E-state index in [0.717, 1.165) is 10.6 Å². The predicted molar refractivity (Wildman–Crippen MR) is 169 cm³/mol. The lowest BCUT2D eigenvalue weighted by atomic mass is 10.2. The van der Waals surface area contributed by atoms with Crippen LogP contribution in [-0.2, 0) is 32.3 Å². The molecule has 2 aromatic heterocycles. The summed E-state index contributed by atoms with van der Waals surface area (Å²) >= 11 is 0. The molecule has 2 aromatic carbocycles. The average molecular weight is 673 g/mol. The topological polar surface area (TPSA) is 145 Å². The quantitative estimate of drug-likeness (QED) is 0.121. The summed E-state index contributed by atoms with van der Waals surface area (Å²) in [6.45, 7) is 1.95. The lowest BCUT2D eigenvalue weighted by Crippen LogP contribution is -2.27. The molecule has 4 rings (SSSR count). The SMILES string of the molecule is CCOC(=O)/C=C/COc1cccc(Oc2ccc(Nc3ncc(C(F)(F)F)c(NCc4cccnc4N(C)S(C)(=O)=O)n3)cc2)c1. The minimum atomic E-state index is -4.76. The summed E-state index contributed by atoms with van der Waals surface area (Å²) in [7, 11) is -2.37. The molecule has 47 heavy (non-hydrogen) atoms. The first kappa shape index (κ1) is 34.5. The highest BCUT2D eigenvalue weighted by atomic mass is 32.2. The van der Waals surface area contributed by atoms with Crippen molar-refractivity contribution in [3.8, 4) is 17.2 Å². The number of ether oxygens (including phenoxy) is 3. The largest absolute Gasteiger partial charge is 0.489 e. The van der Waals surface area contributed by atoms with Crippen molar-refractivity contribution in [2.45, 2.75) is 19.6 Å². The molecule has 2 N–H and O–H groups in total. The van der Waals surface area contributed by atoms with Crippen LogP contribution in [0, 0.1) is 0 Å². The molecule has 248 valence electrons. The van der Waals surface area contributed by atoms with Crippen LogP contribution in [0.2, 0.25) is 0 Å². The Bertz CT molecular complexity index is 1820. The number of aromatic nitrogens is 3. The van der Waals surface area contributed by atoms with Crippen molar-refractivity contribution in [1.29, 1.82) is 0 Å². The Morgan fingerprint density at radius 2 is 1.77 bits per heavy atom. The van der Waals surface area contributed by atoms with E-state index in [1.54, 1.807) is 67.6 Å². The number of sulfonamides is 1. The van der Waals surface area contributed by atoms with Crippen molar-refractivity contribution in [2.24, 2.45) is 0 Å². The molecule has 0 saturated heterocycles. The second kappa shape index (κ2) is 15.3. The van der Waals surface area contributed by atoms with Gasteiger partial charge in [0, 0.05) is 49.4 Å². The molecule has 0 fully saturated rings. The number of hydrogen-bond acceptors (Lipinski definition) is 11. The summed E-state index contributed by atoms with van der Waals surface area (Å²) < 4.78 is 82.7. The number of anilines is 4. The van der Waals surface area contributed by atoms with Crippen LogP contribution < -0.4 is 24.4 Å². The van der Waals surface area contributed by atoms with Crippen molar-refractivity contribution in [1.82, 2.24) is 15.0 Å². The van der Waals surface area contributed by atoms with Crippen LogP contribution in [0.5, 0.6) is 17.2 Å². The predicted octanol–water partition coefficient (Wildman–Crippen LogP) is 5.93. The summed E-state index contributed by atoms with van der Waals surface area (Å²) in [5.41, 5.74) is -0.298. The molecule has 0 spiro atoms. The number of rotatable bonds is 14. The minimum absolute atomic E-state index is 0.0632. The monoisotopic (exact) mass is 672 g/mol. The highest BCUT2D eigenvalue weighted by Gasteiger charge is 2.35. The second-order valence-corrected chi connectivity index (χ2v) is 11.7. The van der Waals surface area contributed by atoms with Gasteiger partial charge in [0.1, 0.15) is 41.1 Å². The Hall–Kier alpha value is -5.38. The van der Waals surface area contributed by atoms with E-state index in [0.29, 0.717) is 34.7 Å². The van der Waals surface area contributed by atoms with Gasteiger partial charge in [0.2, 0.25) is 16.0 Å². The number of halogens is 3. The van der Waals surface area contributed by atoms with Crippen LogP contribution >= 0.6 is 0 Å². The third kappa shape index (κ3) is 10.1. The molecule has 0 aliphatic rings. The van der Waals surface area contributed by atoms with E-state index in [-0.39, 0.29) is 31.5 Å². The summed E-state index contributed by atoms with van der Waals surface area (Å²) in [5.74, 6) is 0.453. The van der Waals surface area contributed by atoms with Crippen LogP contribution in [0.4, 0.5) is 36.4 Å². The van der Waals surface area contributed by atoms with E-state index >= 15 is 0 Å². The smallest absolute Gasteiger partial charge is 0.421 e. The molecule has 0 amide bonds. The van der Waals surface area contributed by atoms with Crippen LogP contribution in [0.15, 0.2) is 85.2 Å². The number of alkyl halides is 3. The number of esters is 1. The maximum atomic E-state index is 13.8.